The average Bonchev–Trinajstić information content (AvgIpc) is 2.94. The third-order valence-corrected chi connectivity index (χ3v) is 5.32. The van der Waals surface area contributed by atoms with Crippen LogP contribution in [0.15, 0.2) is 29.6 Å². The van der Waals surface area contributed by atoms with Gasteiger partial charge in [-0.25, -0.2) is 4.98 Å². The van der Waals surface area contributed by atoms with E-state index in [0.717, 1.165) is 30.8 Å². The fourth-order valence-electron chi connectivity index (χ4n) is 2.84. The number of nitrogens with one attached hydrogen (secondary N) is 2. The van der Waals surface area contributed by atoms with Crippen molar-refractivity contribution in [1.82, 2.24) is 10.3 Å². The van der Waals surface area contributed by atoms with E-state index in [1.54, 1.807) is 0 Å². The molecular weight excluding hydrogens is 318 g/mol. The van der Waals surface area contributed by atoms with Gasteiger partial charge >= 0.3 is 0 Å². The van der Waals surface area contributed by atoms with E-state index in [2.05, 4.69) is 53.7 Å². The van der Waals surface area contributed by atoms with Gasteiger partial charge in [-0.05, 0) is 36.9 Å². The minimum Gasteiger partial charge on any atom is -0.316 e. The van der Waals surface area contributed by atoms with Crippen LogP contribution in [-0.2, 0) is 11.2 Å². The van der Waals surface area contributed by atoms with Gasteiger partial charge in [0.1, 0.15) is 0 Å². The molecule has 5 heteroatoms. The van der Waals surface area contributed by atoms with Crippen LogP contribution in [0.1, 0.15) is 26.3 Å². The zero-order valence-electron chi connectivity index (χ0n) is 14.5. The molecule has 0 aliphatic carbocycles. The number of anilines is 1. The summed E-state index contributed by atoms with van der Waals surface area (Å²) in [6.45, 7) is 8.30. The van der Waals surface area contributed by atoms with Gasteiger partial charge in [0.25, 0.3) is 0 Å². The normalized spacial score (nSPS) is 16.0. The van der Waals surface area contributed by atoms with E-state index in [1.165, 1.54) is 16.9 Å². The van der Waals surface area contributed by atoms with Crippen molar-refractivity contribution in [2.45, 2.75) is 27.2 Å². The third kappa shape index (κ3) is 4.02. The highest BCUT2D eigenvalue weighted by molar-refractivity contribution is 7.14. The molecule has 0 bridgehead atoms. The summed E-state index contributed by atoms with van der Waals surface area (Å²) in [7, 11) is 0. The molecule has 3 rings (SSSR count). The number of aromatic nitrogens is 1. The van der Waals surface area contributed by atoms with Gasteiger partial charge in [0, 0.05) is 16.9 Å². The molecule has 1 aliphatic rings. The summed E-state index contributed by atoms with van der Waals surface area (Å²) in [6, 6.07) is 8.55. The van der Waals surface area contributed by atoms with Crippen molar-refractivity contribution in [2.24, 2.45) is 17.8 Å². The van der Waals surface area contributed by atoms with E-state index in [4.69, 9.17) is 0 Å². The third-order valence-electron chi connectivity index (χ3n) is 4.56. The summed E-state index contributed by atoms with van der Waals surface area (Å²) in [6.07, 6.45) is 1.09. The van der Waals surface area contributed by atoms with Crippen LogP contribution in [0.2, 0.25) is 0 Å². The Kier molecular flexibility index (Phi) is 5.31. The molecule has 1 aromatic heterocycles. The molecule has 1 unspecified atom stereocenters. The number of carbonyl (C=O) groups is 1. The number of rotatable bonds is 6. The first-order chi connectivity index (χ1) is 11.5. The van der Waals surface area contributed by atoms with Gasteiger partial charge in [-0.15, -0.1) is 11.3 Å². The Morgan fingerprint density at radius 3 is 2.58 bits per heavy atom. The first kappa shape index (κ1) is 17.1. The maximum Gasteiger partial charge on any atom is 0.229 e. The molecule has 0 saturated carbocycles. The highest BCUT2D eigenvalue weighted by Crippen LogP contribution is 2.26. The molecule has 0 spiro atoms. The maximum atomic E-state index is 12.3. The molecule has 2 N–H and O–H groups in total. The lowest BCUT2D eigenvalue weighted by Gasteiger charge is -2.31. The van der Waals surface area contributed by atoms with Crippen LogP contribution in [0.4, 0.5) is 5.13 Å². The second kappa shape index (κ2) is 7.45. The number of carbonyl (C=O) groups excluding carboxylic acids is 1. The van der Waals surface area contributed by atoms with Crippen molar-refractivity contribution < 1.29 is 4.79 Å². The average molecular weight is 343 g/mol. The number of hydrogen-bond acceptors (Lipinski definition) is 4. The zero-order valence-corrected chi connectivity index (χ0v) is 15.3. The molecule has 128 valence electrons. The van der Waals surface area contributed by atoms with Crippen molar-refractivity contribution in [1.29, 1.82) is 0 Å². The second-order valence-electron chi connectivity index (χ2n) is 7.03. The SMILES string of the molecule is CC(C)Cc1ccc(-c2csc(NC(=O)C(C)C3CNC3)n2)cc1. The maximum absolute atomic E-state index is 12.3. The molecule has 1 amide bonds. The first-order valence-electron chi connectivity index (χ1n) is 8.59. The van der Waals surface area contributed by atoms with Gasteiger partial charge in [0.2, 0.25) is 5.91 Å². The molecule has 4 nitrogen and oxygen atoms in total. The molecule has 2 aromatic rings. The molecular formula is C19H25N3OS. The van der Waals surface area contributed by atoms with Crippen molar-refractivity contribution in [2.75, 3.05) is 18.4 Å². The lowest BCUT2D eigenvalue weighted by molar-refractivity contribution is -0.121. The van der Waals surface area contributed by atoms with Crippen molar-refractivity contribution >= 4 is 22.4 Å². The van der Waals surface area contributed by atoms with Gasteiger partial charge in [0.05, 0.1) is 5.69 Å². The quantitative estimate of drug-likeness (QED) is 0.839. The number of nitrogens with zero attached hydrogens (tertiary/aromatic N) is 1. The number of hydrogen-bond donors (Lipinski definition) is 2. The van der Waals surface area contributed by atoms with Crippen LogP contribution in [-0.4, -0.2) is 24.0 Å². The van der Waals surface area contributed by atoms with Crippen LogP contribution < -0.4 is 10.6 Å². The predicted octanol–water partition coefficient (Wildman–Crippen LogP) is 3.80. The van der Waals surface area contributed by atoms with Crippen molar-refractivity contribution in [3.8, 4) is 11.3 Å². The number of benzene rings is 1. The van der Waals surface area contributed by atoms with Gasteiger partial charge in [-0.3, -0.25) is 4.79 Å². The Bertz CT molecular complexity index is 689. The van der Waals surface area contributed by atoms with Gasteiger partial charge in [-0.1, -0.05) is 45.0 Å². The van der Waals surface area contributed by atoms with Crippen molar-refractivity contribution in [3.05, 3.63) is 35.2 Å². The molecule has 1 saturated heterocycles. The molecule has 1 aromatic carbocycles. The minimum absolute atomic E-state index is 0.0221. The molecule has 1 atom stereocenters. The number of amides is 1. The highest BCUT2D eigenvalue weighted by Gasteiger charge is 2.29. The van der Waals surface area contributed by atoms with E-state index in [-0.39, 0.29) is 11.8 Å². The molecule has 1 aliphatic heterocycles. The second-order valence-corrected chi connectivity index (χ2v) is 7.89. The van der Waals surface area contributed by atoms with E-state index >= 15 is 0 Å². The first-order valence-corrected chi connectivity index (χ1v) is 9.47. The standard InChI is InChI=1S/C19H25N3OS/c1-12(2)8-14-4-6-15(7-5-14)17-11-24-19(21-17)22-18(23)13(3)16-9-20-10-16/h4-7,11-13,16,20H,8-10H2,1-3H3,(H,21,22,23). The van der Waals surface area contributed by atoms with Crippen LogP contribution in [0.5, 0.6) is 0 Å². The largest absolute Gasteiger partial charge is 0.316 e. The van der Waals surface area contributed by atoms with Crippen LogP contribution >= 0.6 is 11.3 Å². The Labute approximate surface area is 147 Å². The van der Waals surface area contributed by atoms with E-state index in [1.807, 2.05) is 12.3 Å². The summed E-state index contributed by atoms with van der Waals surface area (Å²) in [5.41, 5.74) is 3.36. The smallest absolute Gasteiger partial charge is 0.229 e. The fraction of sp³-hybridized carbons (Fsp3) is 0.474. The summed E-state index contributed by atoms with van der Waals surface area (Å²) >= 11 is 1.48. The van der Waals surface area contributed by atoms with Gasteiger partial charge in [-0.2, -0.15) is 0 Å². The minimum atomic E-state index is 0.0221. The Morgan fingerprint density at radius 2 is 2.00 bits per heavy atom. The van der Waals surface area contributed by atoms with Crippen LogP contribution in [0.3, 0.4) is 0 Å². The Balaban J connectivity index is 1.63. The summed E-state index contributed by atoms with van der Waals surface area (Å²) in [4.78, 5) is 16.8. The van der Waals surface area contributed by atoms with Crippen molar-refractivity contribution in [3.63, 3.8) is 0 Å². The van der Waals surface area contributed by atoms with Crippen LogP contribution in [0.25, 0.3) is 11.3 Å². The zero-order chi connectivity index (χ0) is 17.1. The van der Waals surface area contributed by atoms with E-state index in [9.17, 15) is 4.79 Å². The van der Waals surface area contributed by atoms with Gasteiger partial charge in [0.15, 0.2) is 5.13 Å². The monoisotopic (exact) mass is 343 g/mol. The number of thiazole rings is 1. The summed E-state index contributed by atoms with van der Waals surface area (Å²) in [5, 5.41) is 8.85. The lowest BCUT2D eigenvalue weighted by Crippen LogP contribution is -2.48. The van der Waals surface area contributed by atoms with Crippen LogP contribution in [0, 0.1) is 17.8 Å². The summed E-state index contributed by atoms with van der Waals surface area (Å²) < 4.78 is 0. The van der Waals surface area contributed by atoms with E-state index in [0.29, 0.717) is 17.0 Å². The summed E-state index contributed by atoms with van der Waals surface area (Å²) in [5.74, 6) is 1.19. The fourth-order valence-corrected chi connectivity index (χ4v) is 3.57. The topological polar surface area (TPSA) is 54.0 Å². The molecule has 2 heterocycles. The van der Waals surface area contributed by atoms with E-state index < -0.39 is 0 Å². The lowest BCUT2D eigenvalue weighted by atomic mass is 9.88. The molecule has 0 radical (unpaired) electrons. The Hall–Kier alpha value is -1.72. The van der Waals surface area contributed by atoms with Gasteiger partial charge < -0.3 is 10.6 Å². The predicted molar refractivity (Wildman–Crippen MR) is 100 cm³/mol. The molecule has 24 heavy (non-hydrogen) atoms. The molecule has 1 fully saturated rings. The highest BCUT2D eigenvalue weighted by atomic mass is 32.1. The Morgan fingerprint density at radius 1 is 1.29 bits per heavy atom.